The van der Waals surface area contributed by atoms with Gasteiger partial charge < -0.3 is 4.74 Å². The summed E-state index contributed by atoms with van der Waals surface area (Å²) in [6, 6.07) is 10.0. The van der Waals surface area contributed by atoms with Crippen molar-refractivity contribution in [3.05, 3.63) is 63.9 Å². The summed E-state index contributed by atoms with van der Waals surface area (Å²) in [6.45, 7) is 3.77. The number of carbonyl (C=O) groups excluding carboxylic acids is 1. The summed E-state index contributed by atoms with van der Waals surface area (Å²) in [7, 11) is -2.40. The van der Waals surface area contributed by atoms with Crippen molar-refractivity contribution >= 4 is 61.9 Å². The predicted molar refractivity (Wildman–Crippen MR) is 114 cm³/mol. The number of ether oxygens (including phenoxy) is 1. The van der Waals surface area contributed by atoms with E-state index in [1.807, 2.05) is 0 Å². The van der Waals surface area contributed by atoms with Gasteiger partial charge in [0.1, 0.15) is 9.96 Å². The molecule has 2 aromatic rings. The maximum Gasteiger partial charge on any atom is 0.294 e. The molecule has 3 rings (SSSR count). The van der Waals surface area contributed by atoms with E-state index in [1.54, 1.807) is 37.5 Å². The standard InChI is InChI=1S/C18H15ClN2O4S3/c1-3-10-21-17(22)14(11-12-4-6-13(25-2)7-5-12)26-18(21)20-28(23,24)16-9-8-15(19)27-16/h3-9,11H,1,10H2,2H3. The van der Waals surface area contributed by atoms with Crippen molar-refractivity contribution in [3.63, 3.8) is 0 Å². The first kappa shape index (κ1) is 20.7. The third-order valence-corrected chi connectivity index (χ3v) is 7.70. The number of sulfonamides is 1. The molecule has 2 heterocycles. The summed E-state index contributed by atoms with van der Waals surface area (Å²) in [5.74, 6) is 0.364. The molecule has 1 aliphatic rings. The fraction of sp³-hybridized carbons (Fsp3) is 0.111. The van der Waals surface area contributed by atoms with Crippen LogP contribution in [0.25, 0.3) is 6.08 Å². The molecule has 1 aromatic carbocycles. The van der Waals surface area contributed by atoms with Crippen LogP contribution in [0.4, 0.5) is 0 Å². The Morgan fingerprint density at radius 3 is 2.54 bits per heavy atom. The molecule has 10 heteroatoms. The summed E-state index contributed by atoms with van der Waals surface area (Å²) in [4.78, 5) is 14.4. The van der Waals surface area contributed by atoms with Gasteiger partial charge in [0.15, 0.2) is 5.17 Å². The van der Waals surface area contributed by atoms with Crippen LogP contribution < -0.4 is 4.74 Å². The Morgan fingerprint density at radius 1 is 1.25 bits per heavy atom. The van der Waals surface area contributed by atoms with E-state index < -0.39 is 10.0 Å². The van der Waals surface area contributed by atoms with Gasteiger partial charge in [0.2, 0.25) is 0 Å². The number of thioether (sulfide) groups is 1. The number of carbonyl (C=O) groups is 1. The third kappa shape index (κ3) is 4.49. The SMILES string of the molecule is C=CCN1C(=O)C(=Cc2ccc(OC)cc2)SC1=NS(=O)(=O)c1ccc(Cl)s1. The molecule has 0 aliphatic carbocycles. The van der Waals surface area contributed by atoms with E-state index in [1.165, 1.54) is 23.1 Å². The molecule has 0 spiro atoms. The van der Waals surface area contributed by atoms with Crippen molar-refractivity contribution in [2.24, 2.45) is 4.40 Å². The maximum absolute atomic E-state index is 12.7. The van der Waals surface area contributed by atoms with Crippen LogP contribution in [-0.4, -0.2) is 38.0 Å². The van der Waals surface area contributed by atoms with Crippen LogP contribution in [0.5, 0.6) is 5.75 Å². The van der Waals surface area contributed by atoms with Gasteiger partial charge in [-0.25, -0.2) is 0 Å². The zero-order valence-corrected chi connectivity index (χ0v) is 17.9. The predicted octanol–water partition coefficient (Wildman–Crippen LogP) is 4.26. The van der Waals surface area contributed by atoms with Crippen molar-refractivity contribution in [1.29, 1.82) is 0 Å². The largest absolute Gasteiger partial charge is 0.497 e. The highest BCUT2D eigenvalue weighted by Crippen LogP contribution is 2.35. The van der Waals surface area contributed by atoms with Gasteiger partial charge in [0.05, 0.1) is 16.4 Å². The summed E-state index contributed by atoms with van der Waals surface area (Å²) in [5.41, 5.74) is 0.782. The molecule has 0 unspecified atom stereocenters. The smallest absolute Gasteiger partial charge is 0.294 e. The van der Waals surface area contributed by atoms with Gasteiger partial charge in [0, 0.05) is 6.54 Å². The molecular weight excluding hydrogens is 440 g/mol. The average molecular weight is 455 g/mol. The fourth-order valence-electron chi connectivity index (χ4n) is 2.30. The summed E-state index contributed by atoms with van der Waals surface area (Å²) < 4.78 is 34.4. The van der Waals surface area contributed by atoms with Gasteiger partial charge in [-0.05, 0) is 47.7 Å². The van der Waals surface area contributed by atoms with E-state index in [0.717, 1.165) is 28.7 Å². The second kappa shape index (κ2) is 8.52. The molecule has 1 amide bonds. The number of nitrogens with zero attached hydrogens (tertiary/aromatic N) is 2. The minimum Gasteiger partial charge on any atom is -0.497 e. The zero-order valence-electron chi connectivity index (χ0n) is 14.7. The van der Waals surface area contributed by atoms with E-state index in [-0.39, 0.29) is 21.8 Å². The number of halogens is 1. The maximum atomic E-state index is 12.7. The van der Waals surface area contributed by atoms with Gasteiger partial charge in [0.25, 0.3) is 15.9 Å². The molecule has 0 atom stereocenters. The number of thiophene rings is 1. The third-order valence-electron chi connectivity index (χ3n) is 3.61. The number of amides is 1. The lowest BCUT2D eigenvalue weighted by atomic mass is 10.2. The van der Waals surface area contributed by atoms with E-state index >= 15 is 0 Å². The van der Waals surface area contributed by atoms with E-state index in [2.05, 4.69) is 11.0 Å². The zero-order chi connectivity index (χ0) is 20.3. The van der Waals surface area contributed by atoms with Crippen LogP contribution in [-0.2, 0) is 14.8 Å². The second-order valence-corrected chi connectivity index (χ2v) is 10.1. The Kier molecular flexibility index (Phi) is 6.29. The number of hydrogen-bond donors (Lipinski definition) is 0. The Balaban J connectivity index is 1.96. The number of hydrogen-bond acceptors (Lipinski definition) is 6. The fourth-order valence-corrected chi connectivity index (χ4v) is 5.95. The molecule has 0 saturated carbocycles. The summed E-state index contributed by atoms with van der Waals surface area (Å²) in [6.07, 6.45) is 3.19. The molecule has 0 radical (unpaired) electrons. The molecule has 0 N–H and O–H groups in total. The van der Waals surface area contributed by atoms with Crippen molar-refractivity contribution in [2.45, 2.75) is 4.21 Å². The van der Waals surface area contributed by atoms with Crippen LogP contribution >= 0.6 is 34.7 Å². The molecule has 6 nitrogen and oxygen atoms in total. The van der Waals surface area contributed by atoms with Gasteiger partial charge in [-0.15, -0.1) is 22.3 Å². The Morgan fingerprint density at radius 2 is 1.96 bits per heavy atom. The summed E-state index contributed by atoms with van der Waals surface area (Å²) in [5, 5.41) is 0.0779. The Hall–Kier alpha value is -2.07. The normalized spacial score (nSPS) is 17.5. The van der Waals surface area contributed by atoms with Crippen LogP contribution in [0.15, 0.2) is 62.6 Å². The molecule has 1 aliphatic heterocycles. The highest BCUT2D eigenvalue weighted by molar-refractivity contribution is 8.19. The molecule has 146 valence electrons. The number of rotatable bonds is 6. The van der Waals surface area contributed by atoms with Gasteiger partial charge in [-0.1, -0.05) is 29.8 Å². The molecule has 0 bridgehead atoms. The van der Waals surface area contributed by atoms with Crippen molar-refractivity contribution in [3.8, 4) is 5.75 Å². The molecule has 1 aromatic heterocycles. The van der Waals surface area contributed by atoms with E-state index in [4.69, 9.17) is 16.3 Å². The minimum absolute atomic E-state index is 0.0178. The summed E-state index contributed by atoms with van der Waals surface area (Å²) >= 11 is 7.74. The Labute approximate surface area is 176 Å². The second-order valence-electron chi connectivity index (χ2n) is 5.50. The van der Waals surface area contributed by atoms with Crippen LogP contribution in [0.3, 0.4) is 0 Å². The number of benzene rings is 1. The lowest BCUT2D eigenvalue weighted by Crippen LogP contribution is -2.29. The highest BCUT2D eigenvalue weighted by Gasteiger charge is 2.34. The number of methoxy groups -OCH3 is 1. The monoisotopic (exact) mass is 454 g/mol. The lowest BCUT2D eigenvalue weighted by Gasteiger charge is -2.12. The minimum atomic E-state index is -3.97. The average Bonchev–Trinajstić information content (AvgIpc) is 3.22. The Bertz CT molecular complexity index is 1070. The van der Waals surface area contributed by atoms with Crippen LogP contribution in [0, 0.1) is 0 Å². The van der Waals surface area contributed by atoms with Crippen LogP contribution in [0.2, 0.25) is 4.34 Å². The van der Waals surface area contributed by atoms with E-state index in [0.29, 0.717) is 15.0 Å². The van der Waals surface area contributed by atoms with Gasteiger partial charge in [-0.3, -0.25) is 9.69 Å². The molecule has 1 saturated heterocycles. The highest BCUT2D eigenvalue weighted by atomic mass is 35.5. The molecule has 1 fully saturated rings. The van der Waals surface area contributed by atoms with Crippen molar-refractivity contribution in [2.75, 3.05) is 13.7 Å². The van der Waals surface area contributed by atoms with Gasteiger partial charge >= 0.3 is 0 Å². The topological polar surface area (TPSA) is 76.0 Å². The molecule has 28 heavy (non-hydrogen) atoms. The quantitative estimate of drug-likeness (QED) is 0.481. The van der Waals surface area contributed by atoms with Crippen molar-refractivity contribution < 1.29 is 17.9 Å². The lowest BCUT2D eigenvalue weighted by molar-refractivity contribution is -0.121. The van der Waals surface area contributed by atoms with Crippen LogP contribution in [0.1, 0.15) is 5.56 Å². The number of amidine groups is 1. The first-order valence-corrected chi connectivity index (χ1v) is 11.4. The first-order valence-electron chi connectivity index (χ1n) is 7.90. The van der Waals surface area contributed by atoms with Gasteiger partial charge in [-0.2, -0.15) is 8.42 Å². The first-order chi connectivity index (χ1) is 13.3. The van der Waals surface area contributed by atoms with Crippen molar-refractivity contribution in [1.82, 2.24) is 4.90 Å². The van der Waals surface area contributed by atoms with E-state index in [9.17, 15) is 13.2 Å². The molecular formula is C18H15ClN2O4S3.